The highest BCUT2D eigenvalue weighted by molar-refractivity contribution is 6.41. The zero-order valence-electron chi connectivity index (χ0n) is 14.3. The number of hydrogen-bond donors (Lipinski definition) is 1. The van der Waals surface area contributed by atoms with Crippen molar-refractivity contribution in [3.05, 3.63) is 80.7 Å². The Morgan fingerprint density at radius 2 is 1.78 bits per heavy atom. The lowest BCUT2D eigenvalue weighted by Crippen LogP contribution is -2.21. The van der Waals surface area contributed by atoms with E-state index in [9.17, 15) is 9.59 Å². The van der Waals surface area contributed by atoms with Gasteiger partial charge in [-0.15, -0.1) is 0 Å². The Hall–Kier alpha value is -2.83. The molecule has 0 aliphatic heterocycles. The Morgan fingerprint density at radius 1 is 1.11 bits per heavy atom. The van der Waals surface area contributed by atoms with E-state index >= 15 is 0 Å². The Balaban J connectivity index is 1.76. The summed E-state index contributed by atoms with van der Waals surface area (Å²) >= 11 is 11.6. The third kappa shape index (κ3) is 4.30. The molecule has 0 fully saturated rings. The normalized spacial score (nSPS) is 10.5. The van der Waals surface area contributed by atoms with Gasteiger partial charge in [-0.2, -0.15) is 9.78 Å². The first kappa shape index (κ1) is 18.9. The van der Waals surface area contributed by atoms with Gasteiger partial charge in [-0.25, -0.2) is 0 Å². The molecular formula is C19H15Cl2N3O3. The molecule has 3 rings (SSSR count). The van der Waals surface area contributed by atoms with E-state index in [1.807, 2.05) is 6.92 Å². The van der Waals surface area contributed by atoms with Crippen molar-refractivity contribution < 1.29 is 9.53 Å². The molecule has 0 saturated carbocycles. The largest absolute Gasteiger partial charge is 0.494 e. The van der Waals surface area contributed by atoms with Gasteiger partial charge >= 0.3 is 0 Å². The molecule has 27 heavy (non-hydrogen) atoms. The first-order valence-corrected chi connectivity index (χ1v) is 8.83. The van der Waals surface area contributed by atoms with E-state index in [1.165, 1.54) is 6.20 Å². The monoisotopic (exact) mass is 403 g/mol. The molecule has 0 aliphatic carbocycles. The number of halogens is 2. The van der Waals surface area contributed by atoms with Crippen LogP contribution in [0.2, 0.25) is 10.0 Å². The molecule has 8 heteroatoms. The van der Waals surface area contributed by atoms with E-state index in [0.717, 1.165) is 10.4 Å². The Morgan fingerprint density at radius 3 is 2.41 bits per heavy atom. The van der Waals surface area contributed by atoms with Gasteiger partial charge in [0.1, 0.15) is 10.8 Å². The lowest BCUT2D eigenvalue weighted by molar-refractivity contribution is 0.102. The van der Waals surface area contributed by atoms with Crippen LogP contribution in [0.25, 0.3) is 5.69 Å². The van der Waals surface area contributed by atoms with Gasteiger partial charge in [0.15, 0.2) is 0 Å². The zero-order valence-corrected chi connectivity index (χ0v) is 15.8. The Labute approximate surface area is 165 Å². The van der Waals surface area contributed by atoms with Crippen molar-refractivity contribution in [2.75, 3.05) is 11.9 Å². The predicted molar refractivity (Wildman–Crippen MR) is 105 cm³/mol. The van der Waals surface area contributed by atoms with Gasteiger partial charge in [0, 0.05) is 11.3 Å². The summed E-state index contributed by atoms with van der Waals surface area (Å²) in [5, 5.41) is 6.73. The molecule has 0 spiro atoms. The standard InChI is InChI=1S/C19H15Cl2N3O3/c1-2-27-15-9-5-13(6-10-15)23-18(25)12-3-7-14(8-4-12)24-19(26)17(21)16(20)11-22-24/h3-11H,2H2,1H3,(H,23,25). The number of nitrogens with zero attached hydrogens (tertiary/aromatic N) is 2. The quantitative estimate of drug-likeness (QED) is 0.692. The fourth-order valence-electron chi connectivity index (χ4n) is 2.36. The van der Waals surface area contributed by atoms with Crippen molar-refractivity contribution in [1.82, 2.24) is 9.78 Å². The number of ether oxygens (including phenoxy) is 1. The second-order valence-electron chi connectivity index (χ2n) is 5.48. The summed E-state index contributed by atoms with van der Waals surface area (Å²) in [4.78, 5) is 24.5. The number of carbonyl (C=O) groups is 1. The minimum atomic E-state index is -0.532. The second kappa shape index (κ2) is 8.24. The van der Waals surface area contributed by atoms with E-state index in [2.05, 4.69) is 10.4 Å². The highest BCUT2D eigenvalue weighted by Crippen LogP contribution is 2.18. The van der Waals surface area contributed by atoms with E-state index < -0.39 is 5.56 Å². The number of amides is 1. The molecule has 0 atom stereocenters. The second-order valence-corrected chi connectivity index (χ2v) is 6.27. The van der Waals surface area contributed by atoms with Crippen LogP contribution in [0.3, 0.4) is 0 Å². The molecule has 3 aromatic rings. The number of carbonyl (C=O) groups excluding carboxylic acids is 1. The molecule has 0 aliphatic rings. The fraction of sp³-hybridized carbons (Fsp3) is 0.105. The summed E-state index contributed by atoms with van der Waals surface area (Å²) in [6.07, 6.45) is 1.29. The highest BCUT2D eigenvalue weighted by Gasteiger charge is 2.11. The minimum Gasteiger partial charge on any atom is -0.494 e. The molecule has 1 N–H and O–H groups in total. The molecule has 1 aromatic heterocycles. The van der Waals surface area contributed by atoms with Gasteiger partial charge in [0.05, 0.1) is 23.5 Å². The summed E-state index contributed by atoms with van der Waals surface area (Å²) < 4.78 is 6.48. The van der Waals surface area contributed by atoms with Gasteiger partial charge < -0.3 is 10.1 Å². The lowest BCUT2D eigenvalue weighted by atomic mass is 10.2. The van der Waals surface area contributed by atoms with E-state index in [1.54, 1.807) is 48.5 Å². The number of rotatable bonds is 5. The van der Waals surface area contributed by atoms with Gasteiger partial charge in [0.2, 0.25) is 0 Å². The summed E-state index contributed by atoms with van der Waals surface area (Å²) in [6, 6.07) is 13.5. The first-order valence-electron chi connectivity index (χ1n) is 8.07. The zero-order chi connectivity index (χ0) is 19.4. The van der Waals surface area contributed by atoms with Crippen LogP contribution in [0.15, 0.2) is 59.5 Å². The number of benzene rings is 2. The molecule has 1 heterocycles. The van der Waals surface area contributed by atoms with Crippen molar-refractivity contribution >= 4 is 34.8 Å². The average Bonchev–Trinajstić information content (AvgIpc) is 2.68. The summed E-state index contributed by atoms with van der Waals surface area (Å²) in [5.41, 5.74) is 1.02. The van der Waals surface area contributed by atoms with Crippen LogP contribution in [0.1, 0.15) is 17.3 Å². The van der Waals surface area contributed by atoms with Crippen LogP contribution in [-0.2, 0) is 0 Å². The lowest BCUT2D eigenvalue weighted by Gasteiger charge is -2.09. The Kier molecular flexibility index (Phi) is 5.78. The number of aromatic nitrogens is 2. The van der Waals surface area contributed by atoms with Crippen molar-refractivity contribution in [2.45, 2.75) is 6.92 Å². The van der Waals surface area contributed by atoms with Crippen molar-refractivity contribution in [3.63, 3.8) is 0 Å². The van der Waals surface area contributed by atoms with E-state index in [0.29, 0.717) is 23.5 Å². The number of nitrogens with one attached hydrogen (secondary N) is 1. The highest BCUT2D eigenvalue weighted by atomic mass is 35.5. The van der Waals surface area contributed by atoms with Gasteiger partial charge in [-0.1, -0.05) is 23.2 Å². The number of anilines is 1. The van der Waals surface area contributed by atoms with Crippen LogP contribution in [0.5, 0.6) is 5.75 Å². The summed E-state index contributed by atoms with van der Waals surface area (Å²) in [6.45, 7) is 2.48. The van der Waals surface area contributed by atoms with E-state index in [-0.39, 0.29) is 16.0 Å². The molecule has 138 valence electrons. The van der Waals surface area contributed by atoms with Crippen molar-refractivity contribution in [3.8, 4) is 11.4 Å². The minimum absolute atomic E-state index is 0.0873. The van der Waals surface area contributed by atoms with E-state index in [4.69, 9.17) is 27.9 Å². The average molecular weight is 404 g/mol. The molecule has 0 saturated heterocycles. The smallest absolute Gasteiger partial charge is 0.291 e. The summed E-state index contributed by atoms with van der Waals surface area (Å²) in [5.74, 6) is 0.458. The van der Waals surface area contributed by atoms with Crippen LogP contribution in [0, 0.1) is 0 Å². The third-order valence-corrected chi connectivity index (χ3v) is 4.42. The van der Waals surface area contributed by atoms with Gasteiger partial charge in [-0.3, -0.25) is 9.59 Å². The SMILES string of the molecule is CCOc1ccc(NC(=O)c2ccc(-n3ncc(Cl)c(Cl)c3=O)cc2)cc1. The third-order valence-electron chi connectivity index (χ3n) is 3.67. The molecule has 2 aromatic carbocycles. The maximum absolute atomic E-state index is 12.4. The van der Waals surface area contributed by atoms with Gasteiger partial charge in [-0.05, 0) is 55.5 Å². The number of hydrogen-bond acceptors (Lipinski definition) is 4. The van der Waals surface area contributed by atoms with Crippen LogP contribution >= 0.6 is 23.2 Å². The molecule has 6 nitrogen and oxygen atoms in total. The van der Waals surface area contributed by atoms with Crippen LogP contribution in [-0.4, -0.2) is 22.3 Å². The van der Waals surface area contributed by atoms with Crippen LogP contribution < -0.4 is 15.6 Å². The Bertz CT molecular complexity index is 1020. The van der Waals surface area contributed by atoms with Gasteiger partial charge in [0.25, 0.3) is 11.5 Å². The molecular weight excluding hydrogens is 389 g/mol. The molecule has 0 radical (unpaired) electrons. The molecule has 0 unspecified atom stereocenters. The fourth-order valence-corrected chi connectivity index (χ4v) is 2.61. The molecule has 1 amide bonds. The first-order chi connectivity index (χ1) is 13.0. The van der Waals surface area contributed by atoms with Crippen molar-refractivity contribution in [2.24, 2.45) is 0 Å². The summed E-state index contributed by atoms with van der Waals surface area (Å²) in [7, 11) is 0. The topological polar surface area (TPSA) is 73.2 Å². The molecule has 0 bridgehead atoms. The predicted octanol–water partition coefficient (Wildman–Crippen LogP) is 4.19. The maximum Gasteiger partial charge on any atom is 0.291 e. The maximum atomic E-state index is 12.4. The van der Waals surface area contributed by atoms with Crippen molar-refractivity contribution in [1.29, 1.82) is 0 Å². The van der Waals surface area contributed by atoms with Crippen LogP contribution in [0.4, 0.5) is 5.69 Å².